The first-order valence-electron chi connectivity index (χ1n) is 8.83. The maximum absolute atomic E-state index is 12.8. The molecule has 3 rings (SSSR count). The van der Waals surface area contributed by atoms with Crippen molar-refractivity contribution in [1.29, 1.82) is 5.26 Å². The topological polar surface area (TPSA) is 108 Å². The van der Waals surface area contributed by atoms with Gasteiger partial charge in [0.15, 0.2) is 5.57 Å². The van der Waals surface area contributed by atoms with E-state index in [1.165, 1.54) is 16.7 Å². The Morgan fingerprint density at radius 2 is 2.14 bits per heavy atom. The molecule has 1 saturated heterocycles. The Hall–Kier alpha value is -3.12. The van der Waals surface area contributed by atoms with Crippen LogP contribution in [0.5, 0.6) is 0 Å². The number of carbonyl (C=O) groups excluding carboxylic acids is 2. The number of amides is 1. The molecule has 1 amide bonds. The molecule has 0 radical (unpaired) electrons. The fraction of sp³-hybridized carbons (Fsp3) is 0.316. The Morgan fingerprint density at radius 1 is 1.36 bits per heavy atom. The van der Waals surface area contributed by atoms with Crippen LogP contribution in [-0.4, -0.2) is 51.9 Å². The summed E-state index contributed by atoms with van der Waals surface area (Å²) in [5.41, 5.74) is 0.706. The van der Waals surface area contributed by atoms with Crippen LogP contribution in [0, 0.1) is 11.3 Å². The number of fused-ring (bicyclic) bond motifs is 1. The van der Waals surface area contributed by atoms with Gasteiger partial charge in [0.05, 0.1) is 19.0 Å². The summed E-state index contributed by atoms with van der Waals surface area (Å²) in [5.74, 6) is -0.855. The molecule has 1 aliphatic heterocycles. The van der Waals surface area contributed by atoms with Crippen LogP contribution in [0.2, 0.25) is 0 Å². The minimum absolute atomic E-state index is 0.134. The number of nitrogens with one attached hydrogen (secondary N) is 1. The lowest BCUT2D eigenvalue weighted by Gasteiger charge is -2.15. The van der Waals surface area contributed by atoms with Gasteiger partial charge in [-0.05, 0) is 19.9 Å². The normalized spacial score (nSPS) is 18.1. The average Bonchev–Trinajstić information content (AvgIpc) is 3.02. The number of nitriles is 1. The third-order valence-corrected chi connectivity index (χ3v) is 5.53. The molecular weight excluding hydrogens is 378 g/mol. The van der Waals surface area contributed by atoms with Crippen molar-refractivity contribution in [3.63, 3.8) is 0 Å². The number of aromatic nitrogens is 2. The standard InChI is InChI=1S/C19H19N5O3S/c1-3-24-17(25)16(28-18(24)13(8-20)19(26)27-4-2)11-21-15-7-5-6-12-9-22-23-10-14(12)15/h5-7,9-10,16,21H,3-4,11H2,1-2H3/b18-13-. The predicted octanol–water partition coefficient (Wildman–Crippen LogP) is 2.30. The third kappa shape index (κ3) is 3.77. The monoisotopic (exact) mass is 397 g/mol. The van der Waals surface area contributed by atoms with Gasteiger partial charge in [-0.15, -0.1) is 0 Å². The summed E-state index contributed by atoms with van der Waals surface area (Å²) < 4.78 is 4.95. The smallest absolute Gasteiger partial charge is 0.351 e. The van der Waals surface area contributed by atoms with E-state index in [1.807, 2.05) is 24.3 Å². The number of anilines is 1. The van der Waals surface area contributed by atoms with Crippen molar-refractivity contribution in [3.05, 3.63) is 41.2 Å². The summed E-state index contributed by atoms with van der Waals surface area (Å²) in [6.45, 7) is 4.34. The Morgan fingerprint density at radius 3 is 2.86 bits per heavy atom. The molecule has 1 aromatic carbocycles. The molecule has 1 aromatic heterocycles. The molecule has 2 aromatic rings. The molecule has 1 fully saturated rings. The molecule has 1 N–H and O–H groups in total. The van der Waals surface area contributed by atoms with Crippen molar-refractivity contribution < 1.29 is 14.3 Å². The van der Waals surface area contributed by atoms with E-state index in [1.54, 1.807) is 26.2 Å². The molecule has 28 heavy (non-hydrogen) atoms. The molecule has 1 aliphatic rings. The number of nitrogens with zero attached hydrogens (tertiary/aromatic N) is 4. The minimum Gasteiger partial charge on any atom is -0.462 e. The molecule has 1 atom stereocenters. The number of esters is 1. The van der Waals surface area contributed by atoms with E-state index in [0.29, 0.717) is 18.1 Å². The second-order valence-corrected chi connectivity index (χ2v) is 7.07. The van der Waals surface area contributed by atoms with Gasteiger partial charge in [-0.2, -0.15) is 15.5 Å². The maximum atomic E-state index is 12.8. The number of thioether (sulfide) groups is 1. The number of ether oxygens (including phenoxy) is 1. The molecule has 144 valence electrons. The molecule has 0 bridgehead atoms. The third-order valence-electron chi connectivity index (χ3n) is 4.23. The van der Waals surface area contributed by atoms with E-state index in [4.69, 9.17) is 4.74 Å². The molecular formula is C19H19N5O3S. The fourth-order valence-corrected chi connectivity index (χ4v) is 4.17. The number of hydrogen-bond acceptors (Lipinski definition) is 8. The van der Waals surface area contributed by atoms with Gasteiger partial charge in [0.25, 0.3) is 0 Å². The lowest BCUT2D eigenvalue weighted by Crippen LogP contribution is -2.32. The highest BCUT2D eigenvalue weighted by molar-refractivity contribution is 8.04. The zero-order valence-corrected chi connectivity index (χ0v) is 16.3. The average molecular weight is 397 g/mol. The van der Waals surface area contributed by atoms with Crippen molar-refractivity contribution in [2.75, 3.05) is 25.0 Å². The fourth-order valence-electron chi connectivity index (χ4n) is 2.91. The van der Waals surface area contributed by atoms with Crippen LogP contribution in [0.25, 0.3) is 10.8 Å². The van der Waals surface area contributed by atoms with Crippen LogP contribution in [-0.2, 0) is 14.3 Å². The van der Waals surface area contributed by atoms with Crippen molar-refractivity contribution >= 4 is 40.1 Å². The van der Waals surface area contributed by atoms with Gasteiger partial charge in [0.1, 0.15) is 16.3 Å². The van der Waals surface area contributed by atoms with Crippen LogP contribution < -0.4 is 5.32 Å². The second-order valence-electron chi connectivity index (χ2n) is 5.88. The molecule has 0 spiro atoms. The molecule has 1 unspecified atom stereocenters. The van der Waals surface area contributed by atoms with E-state index in [2.05, 4.69) is 15.5 Å². The van der Waals surface area contributed by atoms with Gasteiger partial charge in [0.2, 0.25) is 5.91 Å². The van der Waals surface area contributed by atoms with E-state index in [0.717, 1.165) is 16.5 Å². The highest BCUT2D eigenvalue weighted by Gasteiger charge is 2.39. The molecule has 2 heterocycles. The molecule has 0 aliphatic carbocycles. The molecule has 8 nitrogen and oxygen atoms in total. The van der Waals surface area contributed by atoms with E-state index in [-0.39, 0.29) is 18.1 Å². The number of carbonyl (C=O) groups is 2. The van der Waals surface area contributed by atoms with Crippen LogP contribution in [0.4, 0.5) is 5.69 Å². The minimum atomic E-state index is -0.708. The van der Waals surface area contributed by atoms with Gasteiger partial charge in [-0.1, -0.05) is 23.9 Å². The summed E-state index contributed by atoms with van der Waals surface area (Å²) >= 11 is 1.21. The summed E-state index contributed by atoms with van der Waals surface area (Å²) in [5, 5.41) is 22.2. The first-order valence-corrected chi connectivity index (χ1v) is 9.71. The van der Waals surface area contributed by atoms with Crippen molar-refractivity contribution in [1.82, 2.24) is 15.1 Å². The number of rotatable bonds is 6. The van der Waals surface area contributed by atoms with Gasteiger partial charge >= 0.3 is 5.97 Å². The predicted molar refractivity (Wildman–Crippen MR) is 106 cm³/mol. The van der Waals surface area contributed by atoms with Gasteiger partial charge in [-0.3, -0.25) is 4.79 Å². The van der Waals surface area contributed by atoms with Crippen LogP contribution in [0.3, 0.4) is 0 Å². The number of hydrogen-bond donors (Lipinski definition) is 1. The van der Waals surface area contributed by atoms with Crippen molar-refractivity contribution in [2.24, 2.45) is 0 Å². The Kier molecular flexibility index (Phi) is 6.11. The Balaban J connectivity index is 1.83. The quantitative estimate of drug-likeness (QED) is 0.449. The maximum Gasteiger partial charge on any atom is 0.351 e. The first-order chi connectivity index (χ1) is 13.6. The lowest BCUT2D eigenvalue weighted by molar-refractivity contribution is -0.138. The summed E-state index contributed by atoms with van der Waals surface area (Å²) in [4.78, 5) is 26.3. The summed E-state index contributed by atoms with van der Waals surface area (Å²) in [6, 6.07) is 7.62. The van der Waals surface area contributed by atoms with Crippen LogP contribution in [0.1, 0.15) is 13.8 Å². The van der Waals surface area contributed by atoms with Crippen molar-refractivity contribution in [2.45, 2.75) is 19.1 Å². The Labute approximate surface area is 166 Å². The van der Waals surface area contributed by atoms with Gasteiger partial charge in [0, 0.05) is 29.5 Å². The zero-order valence-electron chi connectivity index (χ0n) is 15.5. The van der Waals surface area contributed by atoms with Crippen LogP contribution >= 0.6 is 11.8 Å². The SMILES string of the molecule is CCOC(=O)/C(C#N)=C1\SC(CNc2cccc3cnncc23)C(=O)N1CC. The second kappa shape index (κ2) is 8.71. The lowest BCUT2D eigenvalue weighted by atomic mass is 10.1. The van der Waals surface area contributed by atoms with Gasteiger partial charge in [-0.25, -0.2) is 4.79 Å². The van der Waals surface area contributed by atoms with E-state index >= 15 is 0 Å². The Bertz CT molecular complexity index is 980. The zero-order chi connectivity index (χ0) is 20.1. The molecule has 9 heteroatoms. The summed E-state index contributed by atoms with van der Waals surface area (Å²) in [7, 11) is 0. The highest BCUT2D eigenvalue weighted by atomic mass is 32.2. The van der Waals surface area contributed by atoms with Crippen molar-refractivity contribution in [3.8, 4) is 6.07 Å². The highest BCUT2D eigenvalue weighted by Crippen LogP contribution is 2.37. The van der Waals surface area contributed by atoms with Crippen LogP contribution in [0.15, 0.2) is 41.2 Å². The molecule has 0 saturated carbocycles. The summed E-state index contributed by atoms with van der Waals surface area (Å²) in [6.07, 6.45) is 3.34. The van der Waals surface area contributed by atoms with Gasteiger partial charge < -0.3 is 15.0 Å². The van der Waals surface area contributed by atoms with E-state index < -0.39 is 11.2 Å². The first kappa shape index (κ1) is 19.6. The number of benzene rings is 1. The largest absolute Gasteiger partial charge is 0.462 e. The van der Waals surface area contributed by atoms with E-state index in [9.17, 15) is 14.9 Å².